The minimum absolute atomic E-state index is 0.109. The first-order valence-electron chi connectivity index (χ1n) is 5.00. The number of primary amides is 1. The molecule has 3 N–H and O–H groups in total. The van der Waals surface area contributed by atoms with Crippen LogP contribution in [-0.4, -0.2) is 24.0 Å². The number of nitrogens with zero attached hydrogens (tertiary/aromatic N) is 1. The van der Waals surface area contributed by atoms with Gasteiger partial charge in [-0.25, -0.2) is 4.98 Å². The van der Waals surface area contributed by atoms with Crippen LogP contribution in [0.5, 0.6) is 0 Å². The van der Waals surface area contributed by atoms with Gasteiger partial charge in [-0.1, -0.05) is 6.92 Å². The van der Waals surface area contributed by atoms with Crippen molar-refractivity contribution < 1.29 is 4.79 Å². The molecular formula is C10H17N3OS. The van der Waals surface area contributed by atoms with E-state index in [2.05, 4.69) is 15.7 Å². The van der Waals surface area contributed by atoms with Crippen molar-refractivity contribution in [2.75, 3.05) is 13.1 Å². The van der Waals surface area contributed by atoms with Crippen molar-refractivity contribution in [3.63, 3.8) is 0 Å². The van der Waals surface area contributed by atoms with E-state index in [0.717, 1.165) is 23.7 Å². The Hall–Kier alpha value is -0.940. The van der Waals surface area contributed by atoms with Crippen molar-refractivity contribution >= 4 is 17.2 Å². The number of thiazole rings is 1. The molecular weight excluding hydrogens is 210 g/mol. The highest BCUT2D eigenvalue weighted by Crippen LogP contribution is 2.07. The number of hydrogen-bond donors (Lipinski definition) is 2. The second-order valence-electron chi connectivity index (χ2n) is 3.62. The van der Waals surface area contributed by atoms with E-state index in [-0.39, 0.29) is 11.8 Å². The summed E-state index contributed by atoms with van der Waals surface area (Å²) < 4.78 is 0. The number of aromatic nitrogens is 1. The molecule has 84 valence electrons. The average molecular weight is 227 g/mol. The first kappa shape index (κ1) is 12.1. The summed E-state index contributed by atoms with van der Waals surface area (Å²) in [6, 6.07) is 0. The molecule has 1 rings (SSSR count). The molecule has 1 aromatic heterocycles. The lowest BCUT2D eigenvalue weighted by molar-refractivity contribution is -0.121. The molecule has 0 aromatic carbocycles. The standard InChI is InChI=1S/C10H17N3OS/c1-7(10(11)14)5-12-4-3-9-6-15-8(2)13-9/h6-7,12H,3-5H2,1-2H3,(H2,11,14). The monoisotopic (exact) mass is 227 g/mol. The highest BCUT2D eigenvalue weighted by atomic mass is 32.1. The molecule has 5 heteroatoms. The Morgan fingerprint density at radius 3 is 3.00 bits per heavy atom. The third-order valence-electron chi connectivity index (χ3n) is 2.16. The van der Waals surface area contributed by atoms with E-state index in [1.165, 1.54) is 0 Å². The Labute approximate surface area is 93.9 Å². The fourth-order valence-corrected chi connectivity index (χ4v) is 1.81. The molecule has 0 saturated carbocycles. The van der Waals surface area contributed by atoms with E-state index in [1.54, 1.807) is 11.3 Å². The zero-order chi connectivity index (χ0) is 11.3. The molecule has 4 nitrogen and oxygen atoms in total. The molecule has 0 aliphatic carbocycles. The Morgan fingerprint density at radius 1 is 1.73 bits per heavy atom. The summed E-state index contributed by atoms with van der Waals surface area (Å²) in [6.07, 6.45) is 0.899. The van der Waals surface area contributed by atoms with Crippen LogP contribution in [0.4, 0.5) is 0 Å². The van der Waals surface area contributed by atoms with Crippen LogP contribution in [0.15, 0.2) is 5.38 Å². The summed E-state index contributed by atoms with van der Waals surface area (Å²) in [5, 5.41) is 6.35. The normalized spacial score (nSPS) is 12.7. The summed E-state index contributed by atoms with van der Waals surface area (Å²) in [7, 11) is 0. The molecule has 0 spiro atoms. The van der Waals surface area contributed by atoms with Gasteiger partial charge in [0.2, 0.25) is 5.91 Å². The lowest BCUT2D eigenvalue weighted by Gasteiger charge is -2.07. The largest absolute Gasteiger partial charge is 0.369 e. The molecule has 1 aromatic rings. The van der Waals surface area contributed by atoms with Gasteiger partial charge in [0.1, 0.15) is 0 Å². The summed E-state index contributed by atoms with van der Waals surface area (Å²) in [5.41, 5.74) is 6.25. The van der Waals surface area contributed by atoms with Crippen molar-refractivity contribution in [2.24, 2.45) is 11.7 Å². The molecule has 1 atom stereocenters. The highest BCUT2D eigenvalue weighted by molar-refractivity contribution is 7.09. The van der Waals surface area contributed by atoms with Crippen LogP contribution in [0.3, 0.4) is 0 Å². The van der Waals surface area contributed by atoms with Crippen molar-refractivity contribution in [3.8, 4) is 0 Å². The van der Waals surface area contributed by atoms with Gasteiger partial charge in [0, 0.05) is 30.8 Å². The summed E-state index contributed by atoms with van der Waals surface area (Å²) in [5.74, 6) is -0.367. The smallest absolute Gasteiger partial charge is 0.221 e. The molecule has 1 amide bonds. The van der Waals surface area contributed by atoms with Gasteiger partial charge < -0.3 is 11.1 Å². The first-order valence-corrected chi connectivity index (χ1v) is 5.88. The topological polar surface area (TPSA) is 68.0 Å². The van der Waals surface area contributed by atoms with Gasteiger partial charge >= 0.3 is 0 Å². The van der Waals surface area contributed by atoms with Crippen LogP contribution in [-0.2, 0) is 11.2 Å². The Bertz CT molecular complexity index is 324. The Balaban J connectivity index is 2.14. The van der Waals surface area contributed by atoms with Gasteiger partial charge in [-0.05, 0) is 6.92 Å². The zero-order valence-corrected chi connectivity index (χ0v) is 9.93. The third-order valence-corrected chi connectivity index (χ3v) is 2.98. The molecule has 0 aliphatic heterocycles. The fourth-order valence-electron chi connectivity index (χ4n) is 1.16. The molecule has 1 unspecified atom stereocenters. The molecule has 0 bridgehead atoms. The number of hydrogen-bond acceptors (Lipinski definition) is 4. The average Bonchev–Trinajstić information content (AvgIpc) is 2.58. The highest BCUT2D eigenvalue weighted by Gasteiger charge is 2.07. The van der Waals surface area contributed by atoms with E-state index in [9.17, 15) is 4.79 Å². The summed E-state index contributed by atoms with van der Waals surface area (Å²) in [6.45, 7) is 5.29. The SMILES string of the molecule is Cc1nc(CCNCC(C)C(N)=O)cs1. The van der Waals surface area contributed by atoms with E-state index >= 15 is 0 Å². The fraction of sp³-hybridized carbons (Fsp3) is 0.600. The predicted octanol–water partition coefficient (Wildman–Crippen LogP) is 0.705. The van der Waals surface area contributed by atoms with Gasteiger partial charge in [-0.15, -0.1) is 11.3 Å². The maximum absolute atomic E-state index is 10.7. The van der Waals surface area contributed by atoms with E-state index in [4.69, 9.17) is 5.73 Å². The number of amides is 1. The molecule has 15 heavy (non-hydrogen) atoms. The minimum atomic E-state index is -0.257. The van der Waals surface area contributed by atoms with Crippen LogP contribution in [0.1, 0.15) is 17.6 Å². The minimum Gasteiger partial charge on any atom is -0.369 e. The van der Waals surface area contributed by atoms with Gasteiger partial charge in [0.05, 0.1) is 10.7 Å². The van der Waals surface area contributed by atoms with Crippen molar-refractivity contribution in [2.45, 2.75) is 20.3 Å². The van der Waals surface area contributed by atoms with Gasteiger partial charge in [-0.3, -0.25) is 4.79 Å². The Kier molecular flexibility index (Phi) is 4.71. The number of nitrogens with two attached hydrogens (primary N) is 1. The second-order valence-corrected chi connectivity index (χ2v) is 4.68. The van der Waals surface area contributed by atoms with Crippen LogP contribution >= 0.6 is 11.3 Å². The molecule has 1 heterocycles. The van der Waals surface area contributed by atoms with E-state index < -0.39 is 0 Å². The van der Waals surface area contributed by atoms with E-state index in [0.29, 0.717) is 6.54 Å². The van der Waals surface area contributed by atoms with Crippen LogP contribution < -0.4 is 11.1 Å². The molecule has 0 fully saturated rings. The number of rotatable bonds is 6. The third kappa shape index (κ3) is 4.40. The number of nitrogens with one attached hydrogen (secondary N) is 1. The zero-order valence-electron chi connectivity index (χ0n) is 9.12. The predicted molar refractivity (Wildman–Crippen MR) is 61.8 cm³/mol. The van der Waals surface area contributed by atoms with Gasteiger partial charge in [-0.2, -0.15) is 0 Å². The van der Waals surface area contributed by atoms with Crippen molar-refractivity contribution in [1.29, 1.82) is 0 Å². The lowest BCUT2D eigenvalue weighted by atomic mass is 10.2. The number of aryl methyl sites for hydroxylation is 1. The number of carbonyl (C=O) groups excluding carboxylic acids is 1. The van der Waals surface area contributed by atoms with Crippen LogP contribution in [0, 0.1) is 12.8 Å². The molecule has 0 saturated heterocycles. The van der Waals surface area contributed by atoms with Crippen molar-refractivity contribution in [3.05, 3.63) is 16.1 Å². The van der Waals surface area contributed by atoms with Gasteiger partial charge in [0.15, 0.2) is 0 Å². The first-order chi connectivity index (χ1) is 7.09. The van der Waals surface area contributed by atoms with Gasteiger partial charge in [0.25, 0.3) is 0 Å². The molecule has 0 aliphatic rings. The maximum atomic E-state index is 10.7. The molecule has 0 radical (unpaired) electrons. The number of carbonyl (C=O) groups is 1. The maximum Gasteiger partial charge on any atom is 0.221 e. The van der Waals surface area contributed by atoms with Crippen molar-refractivity contribution in [1.82, 2.24) is 10.3 Å². The summed E-state index contributed by atoms with van der Waals surface area (Å²) >= 11 is 1.66. The summed E-state index contributed by atoms with van der Waals surface area (Å²) in [4.78, 5) is 15.1. The lowest BCUT2D eigenvalue weighted by Crippen LogP contribution is -2.31. The Morgan fingerprint density at radius 2 is 2.47 bits per heavy atom. The van der Waals surface area contributed by atoms with Crippen LogP contribution in [0.2, 0.25) is 0 Å². The quantitative estimate of drug-likeness (QED) is 0.703. The van der Waals surface area contributed by atoms with E-state index in [1.807, 2.05) is 13.8 Å². The van der Waals surface area contributed by atoms with Crippen LogP contribution in [0.25, 0.3) is 0 Å². The second kappa shape index (κ2) is 5.82.